The van der Waals surface area contributed by atoms with Crippen molar-refractivity contribution in [1.82, 2.24) is 5.32 Å². The molecule has 5 heteroatoms. The van der Waals surface area contributed by atoms with Gasteiger partial charge in [0, 0.05) is 23.0 Å². The van der Waals surface area contributed by atoms with Crippen LogP contribution >= 0.6 is 11.8 Å². The maximum Gasteiger partial charge on any atom is 0.251 e. The summed E-state index contributed by atoms with van der Waals surface area (Å²) >= 11 is 1.60. The topological polar surface area (TPSA) is 58.2 Å². The molecular formula is C22H28N2O2S. The Labute approximate surface area is 166 Å². The lowest BCUT2D eigenvalue weighted by atomic mass is 10.1. The van der Waals surface area contributed by atoms with Gasteiger partial charge >= 0.3 is 0 Å². The highest BCUT2D eigenvalue weighted by Crippen LogP contribution is 2.21. The second-order valence-electron chi connectivity index (χ2n) is 6.74. The Bertz CT molecular complexity index is 777. The lowest BCUT2D eigenvalue weighted by Crippen LogP contribution is -2.32. The van der Waals surface area contributed by atoms with Crippen LogP contribution in [-0.4, -0.2) is 23.1 Å². The number of rotatable bonds is 8. The van der Waals surface area contributed by atoms with Crippen LogP contribution in [0.5, 0.6) is 0 Å². The predicted octanol–water partition coefficient (Wildman–Crippen LogP) is 4.78. The predicted molar refractivity (Wildman–Crippen MR) is 114 cm³/mol. The lowest BCUT2D eigenvalue weighted by Gasteiger charge is -2.15. The van der Waals surface area contributed by atoms with Crippen LogP contribution < -0.4 is 10.6 Å². The fraction of sp³-hybridized carbons (Fsp3) is 0.364. The number of aryl methyl sites for hydroxylation is 1. The van der Waals surface area contributed by atoms with Gasteiger partial charge in [-0.25, -0.2) is 0 Å². The number of thioether (sulfide) groups is 1. The molecule has 2 rings (SSSR count). The molecule has 2 aromatic carbocycles. The summed E-state index contributed by atoms with van der Waals surface area (Å²) in [6.07, 6.45) is 0.886. The smallest absolute Gasteiger partial charge is 0.251 e. The largest absolute Gasteiger partial charge is 0.350 e. The fourth-order valence-corrected chi connectivity index (χ4v) is 3.31. The Hall–Kier alpha value is -2.27. The number of hydrogen-bond acceptors (Lipinski definition) is 3. The normalized spacial score (nSPS) is 12.9. The Morgan fingerprint density at radius 3 is 2.41 bits per heavy atom. The molecule has 144 valence electrons. The van der Waals surface area contributed by atoms with Gasteiger partial charge in [0.2, 0.25) is 5.91 Å². The van der Waals surface area contributed by atoms with Crippen LogP contribution in [0.2, 0.25) is 0 Å². The maximum absolute atomic E-state index is 12.5. The molecule has 0 saturated carbocycles. The quantitative estimate of drug-likeness (QED) is 0.688. The van der Waals surface area contributed by atoms with E-state index in [1.807, 2.05) is 52.0 Å². The van der Waals surface area contributed by atoms with E-state index in [4.69, 9.17) is 0 Å². The Balaban J connectivity index is 1.93. The molecule has 0 aliphatic heterocycles. The van der Waals surface area contributed by atoms with Gasteiger partial charge in [0.25, 0.3) is 5.91 Å². The van der Waals surface area contributed by atoms with Gasteiger partial charge in [0.1, 0.15) is 0 Å². The third kappa shape index (κ3) is 6.43. The average Bonchev–Trinajstić information content (AvgIpc) is 2.68. The Kier molecular flexibility index (Phi) is 7.92. The van der Waals surface area contributed by atoms with Crippen LogP contribution in [0, 0.1) is 6.92 Å². The first-order valence-corrected chi connectivity index (χ1v) is 10.3. The molecule has 0 unspecified atom stereocenters. The molecule has 0 aliphatic rings. The standard InChI is InChI=1S/C22H28N2O2S/c1-5-16(3)23-22(26)19-11-12-20(15(2)13-19)24-21(25)17(4)27-14-18-9-7-6-8-10-18/h6-13,16-17H,5,14H2,1-4H3,(H,23,26)(H,24,25)/t16-,17+/m1/s1. The monoisotopic (exact) mass is 384 g/mol. The van der Waals surface area contributed by atoms with E-state index in [-0.39, 0.29) is 23.1 Å². The first-order valence-electron chi connectivity index (χ1n) is 9.28. The summed E-state index contributed by atoms with van der Waals surface area (Å²) in [7, 11) is 0. The molecule has 0 radical (unpaired) electrons. The molecule has 0 aliphatic carbocycles. The van der Waals surface area contributed by atoms with Gasteiger partial charge in [-0.15, -0.1) is 11.8 Å². The minimum absolute atomic E-state index is 0.0316. The van der Waals surface area contributed by atoms with E-state index in [1.165, 1.54) is 5.56 Å². The summed E-state index contributed by atoms with van der Waals surface area (Å²) in [6.45, 7) is 7.82. The van der Waals surface area contributed by atoms with Crippen LogP contribution in [0.1, 0.15) is 48.7 Å². The van der Waals surface area contributed by atoms with Gasteiger partial charge < -0.3 is 10.6 Å². The third-order valence-corrected chi connectivity index (χ3v) is 5.66. The van der Waals surface area contributed by atoms with Crippen LogP contribution in [-0.2, 0) is 10.5 Å². The summed E-state index contributed by atoms with van der Waals surface area (Å²) in [5.74, 6) is 0.677. The summed E-state index contributed by atoms with van der Waals surface area (Å²) in [4.78, 5) is 24.7. The highest BCUT2D eigenvalue weighted by Gasteiger charge is 2.16. The van der Waals surface area contributed by atoms with Crippen LogP contribution in [0.3, 0.4) is 0 Å². The Morgan fingerprint density at radius 1 is 1.07 bits per heavy atom. The van der Waals surface area contributed by atoms with E-state index >= 15 is 0 Å². The SMILES string of the molecule is CC[C@@H](C)NC(=O)c1ccc(NC(=O)[C@H](C)SCc2ccccc2)c(C)c1. The zero-order valence-corrected chi connectivity index (χ0v) is 17.2. The molecule has 0 bridgehead atoms. The first kappa shape index (κ1) is 21.0. The van der Waals surface area contributed by atoms with E-state index < -0.39 is 0 Å². The molecule has 0 fully saturated rings. The highest BCUT2D eigenvalue weighted by atomic mass is 32.2. The Morgan fingerprint density at radius 2 is 1.78 bits per heavy atom. The zero-order valence-electron chi connectivity index (χ0n) is 16.4. The minimum atomic E-state index is -0.169. The summed E-state index contributed by atoms with van der Waals surface area (Å²) in [5, 5.41) is 5.76. The molecule has 2 amide bonds. The van der Waals surface area contributed by atoms with Crippen molar-refractivity contribution in [3.8, 4) is 0 Å². The molecule has 0 spiro atoms. The van der Waals surface area contributed by atoms with Crippen molar-refractivity contribution in [2.24, 2.45) is 0 Å². The number of carbonyl (C=O) groups excluding carboxylic acids is 2. The van der Waals surface area contributed by atoms with Gasteiger partial charge in [0.15, 0.2) is 0 Å². The number of carbonyl (C=O) groups is 2. The van der Waals surface area contributed by atoms with E-state index in [9.17, 15) is 9.59 Å². The first-order chi connectivity index (χ1) is 12.9. The lowest BCUT2D eigenvalue weighted by molar-refractivity contribution is -0.115. The molecule has 27 heavy (non-hydrogen) atoms. The summed E-state index contributed by atoms with van der Waals surface area (Å²) in [5.41, 5.74) is 3.43. The molecule has 0 saturated heterocycles. The highest BCUT2D eigenvalue weighted by molar-refractivity contribution is 7.99. The number of nitrogens with one attached hydrogen (secondary N) is 2. The van der Waals surface area contributed by atoms with Crippen LogP contribution in [0.4, 0.5) is 5.69 Å². The second kappa shape index (κ2) is 10.2. The van der Waals surface area contributed by atoms with Crippen molar-refractivity contribution in [3.05, 3.63) is 65.2 Å². The van der Waals surface area contributed by atoms with Crippen molar-refractivity contribution in [2.75, 3.05) is 5.32 Å². The van der Waals surface area contributed by atoms with Crippen molar-refractivity contribution >= 4 is 29.3 Å². The number of anilines is 1. The van der Waals surface area contributed by atoms with Gasteiger partial charge in [-0.3, -0.25) is 9.59 Å². The molecule has 0 aromatic heterocycles. The van der Waals surface area contributed by atoms with Crippen molar-refractivity contribution in [2.45, 2.75) is 51.2 Å². The van der Waals surface area contributed by atoms with Gasteiger partial charge in [-0.1, -0.05) is 37.3 Å². The number of hydrogen-bond donors (Lipinski definition) is 2. The van der Waals surface area contributed by atoms with Crippen LogP contribution in [0.25, 0.3) is 0 Å². The van der Waals surface area contributed by atoms with E-state index in [0.717, 1.165) is 23.4 Å². The van der Waals surface area contributed by atoms with Crippen molar-refractivity contribution in [3.63, 3.8) is 0 Å². The summed E-state index contributed by atoms with van der Waals surface area (Å²) in [6, 6.07) is 15.6. The van der Waals surface area contributed by atoms with E-state index in [1.54, 1.807) is 23.9 Å². The molecule has 0 heterocycles. The van der Waals surface area contributed by atoms with Gasteiger partial charge in [-0.05, 0) is 56.5 Å². The molecule has 2 N–H and O–H groups in total. The maximum atomic E-state index is 12.5. The van der Waals surface area contributed by atoms with Crippen molar-refractivity contribution in [1.29, 1.82) is 0 Å². The number of benzene rings is 2. The molecular weight excluding hydrogens is 356 g/mol. The number of amides is 2. The van der Waals surface area contributed by atoms with E-state index in [2.05, 4.69) is 22.8 Å². The van der Waals surface area contributed by atoms with Crippen LogP contribution in [0.15, 0.2) is 48.5 Å². The molecule has 2 atom stereocenters. The van der Waals surface area contributed by atoms with E-state index in [0.29, 0.717) is 5.56 Å². The molecule has 4 nitrogen and oxygen atoms in total. The minimum Gasteiger partial charge on any atom is -0.350 e. The molecule has 2 aromatic rings. The summed E-state index contributed by atoms with van der Waals surface area (Å²) < 4.78 is 0. The zero-order chi connectivity index (χ0) is 19.8. The van der Waals surface area contributed by atoms with Gasteiger partial charge in [-0.2, -0.15) is 0 Å². The fourth-order valence-electron chi connectivity index (χ4n) is 2.46. The van der Waals surface area contributed by atoms with Crippen molar-refractivity contribution < 1.29 is 9.59 Å². The third-order valence-electron chi connectivity index (χ3n) is 4.45. The average molecular weight is 385 g/mol. The van der Waals surface area contributed by atoms with Gasteiger partial charge in [0.05, 0.1) is 5.25 Å². The second-order valence-corrected chi connectivity index (χ2v) is 8.07.